The molecule has 7 rings (SSSR count). The number of terminal acetylenes is 1. The van der Waals surface area contributed by atoms with Crippen LogP contribution in [0.5, 0.6) is 11.8 Å². The topological polar surface area (TPSA) is 86.6 Å². The van der Waals surface area contributed by atoms with Crippen molar-refractivity contribution < 1.29 is 27.4 Å². The molecule has 3 aromatic rings. The summed E-state index contributed by atoms with van der Waals surface area (Å²) in [6.07, 6.45) is 7.01. The highest BCUT2D eigenvalue weighted by atomic mass is 19.4. The van der Waals surface area contributed by atoms with Crippen molar-refractivity contribution in [2.75, 3.05) is 44.2 Å². The first-order valence-electron chi connectivity index (χ1n) is 16.3. The molecule has 1 saturated carbocycles. The molecular formula is C35H38F4N6O2. The Labute approximate surface area is 271 Å². The molecule has 2 N–H and O–H groups in total. The summed E-state index contributed by atoms with van der Waals surface area (Å²) >= 11 is 0. The maximum Gasteiger partial charge on any atom is 0.420 e. The van der Waals surface area contributed by atoms with Gasteiger partial charge in [-0.2, -0.15) is 23.1 Å². The van der Waals surface area contributed by atoms with Crippen molar-refractivity contribution in [3.05, 3.63) is 41.1 Å². The molecule has 4 atom stereocenters. The van der Waals surface area contributed by atoms with Crippen LogP contribution >= 0.6 is 0 Å². The molecule has 2 saturated heterocycles. The number of aromatic nitrogens is 3. The first-order valence-corrected chi connectivity index (χ1v) is 16.3. The van der Waals surface area contributed by atoms with Crippen molar-refractivity contribution >= 4 is 22.8 Å². The molecule has 47 heavy (non-hydrogen) atoms. The minimum atomic E-state index is -4.93. The summed E-state index contributed by atoms with van der Waals surface area (Å²) in [6.45, 7) is 8.25. The number of alkyl halides is 4. The smallest absolute Gasteiger partial charge is 0.420 e. The van der Waals surface area contributed by atoms with E-state index in [1.807, 2.05) is 4.90 Å². The Kier molecular flexibility index (Phi) is 8.03. The summed E-state index contributed by atoms with van der Waals surface area (Å²) in [5.41, 5.74) is -1.67. The number of piperazine rings is 1. The van der Waals surface area contributed by atoms with Crippen LogP contribution in [0.2, 0.25) is 0 Å². The van der Waals surface area contributed by atoms with Gasteiger partial charge in [0.2, 0.25) is 0 Å². The molecule has 2 aromatic heterocycles. The summed E-state index contributed by atoms with van der Waals surface area (Å²) < 4.78 is 67.2. The minimum Gasteiger partial charge on any atom is -0.508 e. The summed E-state index contributed by atoms with van der Waals surface area (Å²) in [6, 6.07) is 2.79. The van der Waals surface area contributed by atoms with E-state index in [1.54, 1.807) is 0 Å². The van der Waals surface area contributed by atoms with E-state index in [4.69, 9.17) is 16.1 Å². The predicted molar refractivity (Wildman–Crippen MR) is 172 cm³/mol. The predicted octanol–water partition coefficient (Wildman–Crippen LogP) is 5.94. The van der Waals surface area contributed by atoms with E-state index in [2.05, 4.69) is 40.0 Å². The molecule has 4 heterocycles. The second-order valence-corrected chi connectivity index (χ2v) is 13.3. The maximum absolute atomic E-state index is 15.3. The van der Waals surface area contributed by atoms with Crippen LogP contribution in [0.15, 0.2) is 24.4 Å². The van der Waals surface area contributed by atoms with Crippen LogP contribution in [0.4, 0.5) is 23.4 Å². The Morgan fingerprint density at radius 3 is 2.51 bits per heavy atom. The third-order valence-electron chi connectivity index (χ3n) is 10.1. The Morgan fingerprint density at radius 1 is 1.15 bits per heavy atom. The molecule has 2 aliphatic heterocycles. The fourth-order valence-corrected chi connectivity index (χ4v) is 7.45. The van der Waals surface area contributed by atoms with Gasteiger partial charge in [-0.3, -0.25) is 4.98 Å². The standard InChI is InChI=1S/C35H38F4N6O2/c1-4-24-27(36)10-7-20-13-23(46)14-25(28(20)24)30-29(35(37,38)39)31-26(15-40-30)32(45-16-21-8-9-22(17-45)41-21)43-33(42-31)47-19-34(11-12-34)18-44(5-2)6-3/h1,7,10,13-15,21-22,24,27,41,46H,5-6,8-9,11-12,16-19H2,2-3H3. The third kappa shape index (κ3) is 5.89. The summed E-state index contributed by atoms with van der Waals surface area (Å²) in [5, 5.41) is 14.3. The lowest BCUT2D eigenvalue weighted by Gasteiger charge is -2.34. The quantitative estimate of drug-likeness (QED) is 0.218. The van der Waals surface area contributed by atoms with Crippen LogP contribution in [0.3, 0.4) is 0 Å². The molecule has 4 aliphatic rings. The van der Waals surface area contributed by atoms with Gasteiger partial charge in [-0.1, -0.05) is 25.8 Å². The summed E-state index contributed by atoms with van der Waals surface area (Å²) in [5.74, 6) is 1.27. The molecule has 0 radical (unpaired) electrons. The lowest BCUT2D eigenvalue weighted by Crippen LogP contribution is -2.51. The van der Waals surface area contributed by atoms with Gasteiger partial charge >= 0.3 is 12.2 Å². The van der Waals surface area contributed by atoms with E-state index in [9.17, 15) is 5.11 Å². The molecule has 4 unspecified atom stereocenters. The van der Waals surface area contributed by atoms with Crippen molar-refractivity contribution in [1.29, 1.82) is 0 Å². The second-order valence-electron chi connectivity index (χ2n) is 13.3. The fraction of sp³-hybridized carbons (Fsp3) is 0.514. The molecule has 1 aromatic carbocycles. The lowest BCUT2D eigenvalue weighted by atomic mass is 9.81. The average molecular weight is 651 g/mol. The van der Waals surface area contributed by atoms with Crippen LogP contribution in [0.1, 0.15) is 62.1 Å². The van der Waals surface area contributed by atoms with Gasteiger partial charge in [0.25, 0.3) is 0 Å². The number of fused-ring (bicyclic) bond motifs is 4. The van der Waals surface area contributed by atoms with Gasteiger partial charge in [-0.05, 0) is 68.1 Å². The average Bonchev–Trinajstić information content (AvgIpc) is 3.74. The SMILES string of the molecule is C#CC1c2c(cc(O)cc2-c2ncc3c(N4CC5CCC(C4)N5)nc(OCC4(CN(CC)CC)CC4)nc3c2C(F)(F)F)C=CC1F. The summed E-state index contributed by atoms with van der Waals surface area (Å²) in [7, 11) is 0. The first kappa shape index (κ1) is 31.6. The highest BCUT2D eigenvalue weighted by molar-refractivity contribution is 5.96. The summed E-state index contributed by atoms with van der Waals surface area (Å²) in [4.78, 5) is 17.8. The van der Waals surface area contributed by atoms with Gasteiger partial charge in [0.1, 0.15) is 23.3 Å². The number of phenolic OH excluding ortho intramolecular Hbond substituents is 1. The van der Waals surface area contributed by atoms with Crippen LogP contribution in [-0.2, 0) is 6.18 Å². The largest absolute Gasteiger partial charge is 0.508 e. The highest BCUT2D eigenvalue weighted by Gasteiger charge is 2.45. The molecule has 0 amide bonds. The molecule has 248 valence electrons. The number of phenols is 1. The molecule has 2 aliphatic carbocycles. The Hall–Kier alpha value is -3.95. The maximum atomic E-state index is 15.3. The van der Waals surface area contributed by atoms with Gasteiger partial charge in [0.15, 0.2) is 0 Å². The van der Waals surface area contributed by atoms with E-state index in [0.717, 1.165) is 51.4 Å². The van der Waals surface area contributed by atoms with Crippen molar-refractivity contribution in [1.82, 2.24) is 25.2 Å². The Bertz CT molecular complexity index is 1750. The van der Waals surface area contributed by atoms with Gasteiger partial charge in [0, 0.05) is 48.9 Å². The number of ether oxygens (including phenoxy) is 1. The lowest BCUT2D eigenvalue weighted by molar-refractivity contribution is -0.136. The highest BCUT2D eigenvalue weighted by Crippen LogP contribution is 2.49. The van der Waals surface area contributed by atoms with Gasteiger partial charge in [0.05, 0.1) is 29.1 Å². The Morgan fingerprint density at radius 2 is 1.87 bits per heavy atom. The van der Waals surface area contributed by atoms with E-state index in [-0.39, 0.29) is 57.9 Å². The number of pyridine rings is 1. The molecule has 2 bridgehead atoms. The van der Waals surface area contributed by atoms with Gasteiger partial charge in [-0.15, -0.1) is 6.42 Å². The van der Waals surface area contributed by atoms with E-state index in [0.29, 0.717) is 24.5 Å². The Balaban J connectivity index is 1.40. The second kappa shape index (κ2) is 11.9. The van der Waals surface area contributed by atoms with E-state index in [1.165, 1.54) is 24.4 Å². The number of nitrogens with zero attached hydrogens (tertiary/aromatic N) is 5. The van der Waals surface area contributed by atoms with Crippen LogP contribution in [0, 0.1) is 17.8 Å². The number of halogens is 4. The zero-order chi connectivity index (χ0) is 33.1. The van der Waals surface area contributed by atoms with Crippen molar-refractivity contribution in [2.24, 2.45) is 5.41 Å². The fourth-order valence-electron chi connectivity index (χ4n) is 7.45. The minimum absolute atomic E-state index is 0.0943. The van der Waals surface area contributed by atoms with Crippen LogP contribution in [-0.4, -0.2) is 82.5 Å². The first-order chi connectivity index (χ1) is 22.5. The molecular weight excluding hydrogens is 612 g/mol. The molecule has 3 fully saturated rings. The number of hydrogen-bond acceptors (Lipinski definition) is 8. The monoisotopic (exact) mass is 650 g/mol. The zero-order valence-corrected chi connectivity index (χ0v) is 26.4. The number of rotatable bonds is 9. The van der Waals surface area contributed by atoms with Crippen LogP contribution < -0.4 is 15.0 Å². The van der Waals surface area contributed by atoms with Gasteiger partial charge in [-0.25, -0.2) is 4.39 Å². The molecule has 8 nitrogen and oxygen atoms in total. The number of aromatic hydroxyl groups is 1. The number of hydrogen-bond donors (Lipinski definition) is 2. The normalized spacial score (nSPS) is 24.4. The van der Waals surface area contributed by atoms with Crippen LogP contribution in [0.25, 0.3) is 28.2 Å². The van der Waals surface area contributed by atoms with Crippen molar-refractivity contribution in [3.63, 3.8) is 0 Å². The van der Waals surface area contributed by atoms with Gasteiger partial charge < -0.3 is 25.0 Å². The number of nitrogens with one attached hydrogen (secondary N) is 1. The molecule has 0 spiro atoms. The number of anilines is 1. The number of allylic oxidation sites excluding steroid dienone is 1. The third-order valence-corrected chi connectivity index (χ3v) is 10.1. The van der Waals surface area contributed by atoms with Crippen molar-refractivity contribution in [3.8, 4) is 35.4 Å². The van der Waals surface area contributed by atoms with Crippen molar-refractivity contribution in [2.45, 2.75) is 69.9 Å². The molecule has 12 heteroatoms. The van der Waals surface area contributed by atoms with E-state index >= 15 is 17.6 Å². The number of benzene rings is 1. The van der Waals surface area contributed by atoms with E-state index < -0.39 is 29.5 Å². The zero-order valence-electron chi connectivity index (χ0n) is 26.4.